The number of Topliss-reactive ketones (excluding diaryl/α,β-unsaturated/α-hetero) is 2. The van der Waals surface area contributed by atoms with Crippen LogP contribution in [0.25, 0.3) is 0 Å². The van der Waals surface area contributed by atoms with Crippen LogP contribution in [0.4, 0.5) is 0 Å². The second-order valence-corrected chi connectivity index (χ2v) is 7.00. The van der Waals surface area contributed by atoms with Gasteiger partial charge in [-0.15, -0.1) is 0 Å². The van der Waals surface area contributed by atoms with Crippen LogP contribution in [0.3, 0.4) is 0 Å². The number of hydrogen-bond donors (Lipinski definition) is 0. The van der Waals surface area contributed by atoms with Crippen molar-refractivity contribution in [1.82, 2.24) is 0 Å². The van der Waals surface area contributed by atoms with Crippen LogP contribution in [-0.4, -0.2) is 11.6 Å². The minimum atomic E-state index is -0.698. The summed E-state index contributed by atoms with van der Waals surface area (Å²) < 4.78 is 0. The van der Waals surface area contributed by atoms with Gasteiger partial charge in [0.15, 0.2) is 11.6 Å². The summed E-state index contributed by atoms with van der Waals surface area (Å²) in [5.41, 5.74) is 5.42. The van der Waals surface area contributed by atoms with Gasteiger partial charge in [-0.2, -0.15) is 0 Å². The van der Waals surface area contributed by atoms with Gasteiger partial charge in [-0.1, -0.05) is 78.4 Å². The highest BCUT2D eigenvalue weighted by atomic mass is 16.2. The average Bonchev–Trinajstić information content (AvgIpc) is 2.90. The summed E-state index contributed by atoms with van der Waals surface area (Å²) in [5, 5.41) is 0. The lowest BCUT2D eigenvalue weighted by Gasteiger charge is -2.24. The maximum absolute atomic E-state index is 13.2. The van der Waals surface area contributed by atoms with E-state index < -0.39 is 5.92 Å². The summed E-state index contributed by atoms with van der Waals surface area (Å²) in [4.78, 5) is 26.3. The molecule has 0 N–H and O–H groups in total. The lowest BCUT2D eigenvalue weighted by atomic mass is 9.76. The first kappa shape index (κ1) is 16.5. The predicted molar refractivity (Wildman–Crippen MR) is 103 cm³/mol. The summed E-state index contributed by atoms with van der Waals surface area (Å²) in [7, 11) is 0. The quantitative estimate of drug-likeness (QED) is 0.619. The Morgan fingerprint density at radius 2 is 1.31 bits per heavy atom. The molecule has 1 atom stereocenters. The van der Waals surface area contributed by atoms with E-state index in [1.807, 2.05) is 42.5 Å². The third-order valence-electron chi connectivity index (χ3n) is 5.28. The molecule has 3 aromatic rings. The summed E-state index contributed by atoms with van der Waals surface area (Å²) in [6.45, 7) is 4.10. The van der Waals surface area contributed by atoms with Gasteiger partial charge in [-0.25, -0.2) is 0 Å². The first-order valence-corrected chi connectivity index (χ1v) is 8.87. The number of rotatable bonds is 3. The third kappa shape index (κ3) is 2.59. The largest absolute Gasteiger partial charge is 0.293 e. The Balaban J connectivity index is 1.90. The van der Waals surface area contributed by atoms with E-state index in [1.54, 1.807) is 12.1 Å². The number of ketones is 2. The van der Waals surface area contributed by atoms with Crippen LogP contribution in [0.2, 0.25) is 0 Å². The molecule has 0 bridgehead atoms. The topological polar surface area (TPSA) is 34.1 Å². The molecule has 1 aliphatic rings. The lowest BCUT2D eigenvalue weighted by Crippen LogP contribution is -2.25. The van der Waals surface area contributed by atoms with Crippen LogP contribution in [0.5, 0.6) is 0 Å². The molecule has 0 fully saturated rings. The van der Waals surface area contributed by atoms with Gasteiger partial charge in [0, 0.05) is 17.0 Å². The van der Waals surface area contributed by atoms with E-state index in [9.17, 15) is 9.59 Å². The van der Waals surface area contributed by atoms with E-state index in [0.29, 0.717) is 11.1 Å². The highest BCUT2D eigenvalue weighted by molar-refractivity contribution is 6.27. The van der Waals surface area contributed by atoms with Crippen LogP contribution in [0.15, 0.2) is 72.8 Å². The van der Waals surface area contributed by atoms with Gasteiger partial charge < -0.3 is 0 Å². The lowest BCUT2D eigenvalue weighted by molar-refractivity contribution is 0.0825. The van der Waals surface area contributed by atoms with Crippen molar-refractivity contribution < 1.29 is 9.59 Å². The zero-order valence-corrected chi connectivity index (χ0v) is 14.9. The molecule has 0 saturated carbocycles. The maximum atomic E-state index is 13.2. The molecule has 0 amide bonds. The number of hydrogen-bond acceptors (Lipinski definition) is 2. The van der Waals surface area contributed by atoms with Crippen LogP contribution >= 0.6 is 0 Å². The summed E-state index contributed by atoms with van der Waals surface area (Å²) in [6, 6.07) is 23.3. The normalized spacial score (nSPS) is 15.2. The van der Waals surface area contributed by atoms with E-state index in [2.05, 4.69) is 32.0 Å². The molecule has 0 unspecified atom stereocenters. The highest BCUT2D eigenvalue weighted by Gasteiger charge is 2.44. The van der Waals surface area contributed by atoms with Gasteiger partial charge >= 0.3 is 0 Å². The van der Waals surface area contributed by atoms with Crippen LogP contribution in [0.1, 0.15) is 48.9 Å². The molecule has 0 saturated heterocycles. The fourth-order valence-electron chi connectivity index (χ4n) is 4.06. The SMILES string of the molecule is Cc1ccc([C@@H](c2ccccc2)C2C(=O)c3ccccc3C2=O)c(C)c1. The first-order chi connectivity index (χ1) is 12.6. The summed E-state index contributed by atoms with van der Waals surface area (Å²) in [5.74, 6) is -1.11. The standard InChI is InChI=1S/C24H20O2/c1-15-12-13-18(16(2)14-15)21(17-8-4-3-5-9-17)22-23(25)19-10-6-7-11-20(19)24(22)26/h3-14,21-22H,1-2H3/t21-/m1/s1. The van der Waals surface area contributed by atoms with Crippen LogP contribution < -0.4 is 0 Å². The van der Waals surface area contributed by atoms with Crippen molar-refractivity contribution in [2.24, 2.45) is 5.92 Å². The van der Waals surface area contributed by atoms with E-state index in [0.717, 1.165) is 16.7 Å². The molecule has 2 heteroatoms. The number of carbonyl (C=O) groups excluding carboxylic acids is 2. The Kier molecular flexibility index (Phi) is 4.04. The van der Waals surface area contributed by atoms with Crippen LogP contribution in [-0.2, 0) is 0 Å². The van der Waals surface area contributed by atoms with Gasteiger partial charge in [0.05, 0.1) is 5.92 Å². The van der Waals surface area contributed by atoms with Gasteiger partial charge in [0.2, 0.25) is 0 Å². The van der Waals surface area contributed by atoms with Crippen molar-refractivity contribution in [2.75, 3.05) is 0 Å². The van der Waals surface area contributed by atoms with Gasteiger partial charge in [-0.3, -0.25) is 9.59 Å². The molecule has 0 aliphatic heterocycles. The fourth-order valence-corrected chi connectivity index (χ4v) is 4.06. The molecule has 4 rings (SSSR count). The fraction of sp³-hybridized carbons (Fsp3) is 0.167. The zero-order chi connectivity index (χ0) is 18.3. The molecule has 26 heavy (non-hydrogen) atoms. The highest BCUT2D eigenvalue weighted by Crippen LogP contribution is 2.41. The minimum absolute atomic E-state index is 0.0700. The van der Waals surface area contributed by atoms with E-state index in [1.165, 1.54) is 5.56 Å². The van der Waals surface area contributed by atoms with Gasteiger partial charge in [0.25, 0.3) is 0 Å². The molecule has 2 nitrogen and oxygen atoms in total. The molecular formula is C24H20O2. The average molecular weight is 340 g/mol. The number of benzene rings is 3. The smallest absolute Gasteiger partial charge is 0.175 e. The van der Waals surface area contributed by atoms with Crippen molar-refractivity contribution in [2.45, 2.75) is 19.8 Å². The second-order valence-electron chi connectivity index (χ2n) is 7.00. The first-order valence-electron chi connectivity index (χ1n) is 8.87. The van der Waals surface area contributed by atoms with Crippen molar-refractivity contribution in [3.63, 3.8) is 0 Å². The second kappa shape index (κ2) is 6.38. The minimum Gasteiger partial charge on any atom is -0.293 e. The number of aryl methyl sites for hydroxylation is 2. The van der Waals surface area contributed by atoms with Crippen molar-refractivity contribution in [1.29, 1.82) is 0 Å². The van der Waals surface area contributed by atoms with Crippen molar-refractivity contribution >= 4 is 11.6 Å². The Morgan fingerprint density at radius 1 is 0.731 bits per heavy atom. The molecule has 3 aromatic carbocycles. The molecule has 0 spiro atoms. The Bertz CT molecular complexity index is 967. The summed E-state index contributed by atoms with van der Waals surface area (Å²) in [6.07, 6.45) is 0. The zero-order valence-electron chi connectivity index (χ0n) is 14.9. The third-order valence-corrected chi connectivity index (χ3v) is 5.28. The number of carbonyl (C=O) groups is 2. The maximum Gasteiger partial charge on any atom is 0.175 e. The van der Waals surface area contributed by atoms with Crippen molar-refractivity contribution in [3.8, 4) is 0 Å². The Labute approximate surface area is 153 Å². The molecule has 0 aromatic heterocycles. The monoisotopic (exact) mass is 340 g/mol. The van der Waals surface area contributed by atoms with E-state index >= 15 is 0 Å². The van der Waals surface area contributed by atoms with E-state index in [-0.39, 0.29) is 17.5 Å². The van der Waals surface area contributed by atoms with Gasteiger partial charge in [-0.05, 0) is 30.5 Å². The molecule has 0 radical (unpaired) electrons. The van der Waals surface area contributed by atoms with Gasteiger partial charge in [0.1, 0.15) is 0 Å². The van der Waals surface area contributed by atoms with E-state index in [4.69, 9.17) is 0 Å². The molecule has 1 aliphatic carbocycles. The van der Waals surface area contributed by atoms with Crippen molar-refractivity contribution in [3.05, 3.63) is 106 Å². The Hall–Kier alpha value is -3.00. The number of fused-ring (bicyclic) bond motifs is 1. The van der Waals surface area contributed by atoms with Crippen LogP contribution in [0, 0.1) is 19.8 Å². The molecular weight excluding hydrogens is 320 g/mol. The predicted octanol–water partition coefficient (Wildman–Crippen LogP) is 5.13. The molecule has 128 valence electrons. The Morgan fingerprint density at radius 3 is 1.88 bits per heavy atom. The molecule has 0 heterocycles. The summed E-state index contributed by atoms with van der Waals surface area (Å²) >= 11 is 0.